The summed E-state index contributed by atoms with van der Waals surface area (Å²) in [6, 6.07) is 10.3. The summed E-state index contributed by atoms with van der Waals surface area (Å²) in [6.45, 7) is 18.1. The Balaban J connectivity index is 0.000000465. The van der Waals surface area contributed by atoms with Crippen LogP contribution < -0.4 is 0 Å². The maximum Gasteiger partial charge on any atom is -0.0276 e. The van der Waals surface area contributed by atoms with Gasteiger partial charge in [0.25, 0.3) is 0 Å². The van der Waals surface area contributed by atoms with Gasteiger partial charge in [-0.3, -0.25) is 0 Å². The first-order chi connectivity index (χ1) is 13.8. The van der Waals surface area contributed by atoms with E-state index >= 15 is 0 Å². The molecule has 0 heteroatoms. The Bertz CT molecular complexity index is 547. The highest BCUT2D eigenvalue weighted by molar-refractivity contribution is 5.43. The minimum atomic E-state index is 0.866. The molecule has 1 aliphatic carbocycles. The third-order valence-corrected chi connectivity index (χ3v) is 6.10. The molecule has 0 heterocycles. The van der Waals surface area contributed by atoms with Crippen LogP contribution in [0.5, 0.6) is 0 Å². The summed E-state index contributed by atoms with van der Waals surface area (Å²) in [7, 11) is 0. The van der Waals surface area contributed by atoms with Gasteiger partial charge < -0.3 is 0 Å². The smallest absolute Gasteiger partial charge is 0.0276 e. The fourth-order valence-corrected chi connectivity index (χ4v) is 3.12. The highest BCUT2D eigenvalue weighted by atomic mass is 14.1. The zero-order chi connectivity index (χ0) is 22.1. The third kappa shape index (κ3) is 15.2. The second kappa shape index (κ2) is 17.5. The molecule has 0 aliphatic heterocycles. The van der Waals surface area contributed by atoms with Crippen LogP contribution in [0.15, 0.2) is 53.6 Å². The second-order valence-electron chi connectivity index (χ2n) is 9.22. The molecule has 0 fully saturated rings. The molecule has 0 nitrogen and oxygen atoms in total. The van der Waals surface area contributed by atoms with E-state index in [1.165, 1.54) is 62.5 Å². The van der Waals surface area contributed by atoms with E-state index in [2.05, 4.69) is 79.7 Å². The highest BCUT2D eigenvalue weighted by Gasteiger charge is 2.08. The molecule has 166 valence electrons. The van der Waals surface area contributed by atoms with Crippen molar-refractivity contribution in [3.05, 3.63) is 59.2 Å². The van der Waals surface area contributed by atoms with Crippen LogP contribution in [0.1, 0.15) is 105 Å². The van der Waals surface area contributed by atoms with Gasteiger partial charge in [-0.15, -0.1) is 0 Å². The fraction of sp³-hybridized carbons (Fsp3) is 0.655. The summed E-state index contributed by atoms with van der Waals surface area (Å²) in [5.74, 6) is 2.68. The average Bonchev–Trinajstić information content (AvgIpc) is 2.68. The van der Waals surface area contributed by atoms with Crippen LogP contribution in [-0.2, 0) is 0 Å². The van der Waals surface area contributed by atoms with Gasteiger partial charge in [-0.25, -0.2) is 0 Å². The van der Waals surface area contributed by atoms with Crippen molar-refractivity contribution < 1.29 is 0 Å². The standard InChI is InChI=1S/C15H26.C7H8.C7H16/c1-4-6-7-8-13(3)9-10-15-11-14(5-2)12-15;1-7-5-3-2-4-6-7;1-5-7(4)6(2)3/h11-13H,4-10H2,1-3H3;2-6H,1H3;6-7H,5H2,1-4H3. The zero-order valence-electron chi connectivity index (χ0n) is 20.9. The first-order valence-corrected chi connectivity index (χ1v) is 12.3. The lowest BCUT2D eigenvalue weighted by Crippen LogP contribution is -2.00. The van der Waals surface area contributed by atoms with Gasteiger partial charge in [0.15, 0.2) is 0 Å². The van der Waals surface area contributed by atoms with Gasteiger partial charge in [0.2, 0.25) is 0 Å². The Kier molecular flexibility index (Phi) is 16.8. The van der Waals surface area contributed by atoms with E-state index in [1.807, 2.05) is 18.2 Å². The lowest BCUT2D eigenvalue weighted by atomic mass is 9.89. The maximum absolute atomic E-state index is 2.40. The molecule has 0 saturated carbocycles. The topological polar surface area (TPSA) is 0 Å². The average molecular weight is 399 g/mol. The second-order valence-corrected chi connectivity index (χ2v) is 9.22. The molecule has 29 heavy (non-hydrogen) atoms. The van der Waals surface area contributed by atoms with Crippen molar-refractivity contribution in [3.63, 3.8) is 0 Å². The Morgan fingerprint density at radius 2 is 1.38 bits per heavy atom. The molecule has 1 aliphatic rings. The Morgan fingerprint density at radius 1 is 0.759 bits per heavy atom. The van der Waals surface area contributed by atoms with Crippen LogP contribution in [0.2, 0.25) is 0 Å². The van der Waals surface area contributed by atoms with E-state index < -0.39 is 0 Å². The molecule has 2 unspecified atom stereocenters. The summed E-state index contributed by atoms with van der Waals surface area (Å²) in [5.41, 5.74) is 4.43. The lowest BCUT2D eigenvalue weighted by Gasteiger charge is -2.16. The first kappa shape index (κ1) is 27.7. The van der Waals surface area contributed by atoms with E-state index in [0.717, 1.165) is 17.8 Å². The maximum atomic E-state index is 2.40. The van der Waals surface area contributed by atoms with Gasteiger partial charge in [0.1, 0.15) is 0 Å². The molecule has 2 rings (SSSR count). The normalized spacial score (nSPS) is 14.4. The number of aryl methyl sites for hydroxylation is 1. The number of benzene rings is 1. The Labute approximate surface area is 183 Å². The van der Waals surface area contributed by atoms with Gasteiger partial charge >= 0.3 is 0 Å². The van der Waals surface area contributed by atoms with Crippen LogP contribution in [-0.4, -0.2) is 0 Å². The van der Waals surface area contributed by atoms with Crippen LogP contribution in [0.25, 0.3) is 0 Å². The molecule has 0 bridgehead atoms. The third-order valence-electron chi connectivity index (χ3n) is 6.10. The van der Waals surface area contributed by atoms with Gasteiger partial charge in [-0.1, -0.05) is 129 Å². The quantitative estimate of drug-likeness (QED) is 0.344. The minimum Gasteiger partial charge on any atom is -0.0654 e. The van der Waals surface area contributed by atoms with Crippen molar-refractivity contribution in [1.29, 1.82) is 0 Å². The number of hydrogen-bond donors (Lipinski definition) is 0. The Morgan fingerprint density at radius 3 is 1.76 bits per heavy atom. The SMILES string of the molecule is CCC(C)C(C)C.CCCCCC(C)CCC1=CC(CC)=C1.Cc1ccccc1. The van der Waals surface area contributed by atoms with E-state index in [4.69, 9.17) is 0 Å². The summed E-state index contributed by atoms with van der Waals surface area (Å²) >= 11 is 0. The van der Waals surface area contributed by atoms with Gasteiger partial charge in [-0.05, 0) is 55.1 Å². The number of rotatable bonds is 10. The summed E-state index contributed by atoms with van der Waals surface area (Å²) in [6.07, 6.45) is 15.6. The summed E-state index contributed by atoms with van der Waals surface area (Å²) in [4.78, 5) is 0. The van der Waals surface area contributed by atoms with E-state index in [-0.39, 0.29) is 0 Å². The lowest BCUT2D eigenvalue weighted by molar-refractivity contribution is 0.407. The van der Waals surface area contributed by atoms with Crippen molar-refractivity contribution in [2.24, 2.45) is 17.8 Å². The van der Waals surface area contributed by atoms with Crippen molar-refractivity contribution in [1.82, 2.24) is 0 Å². The largest absolute Gasteiger partial charge is 0.0654 e. The summed E-state index contributed by atoms with van der Waals surface area (Å²) in [5, 5.41) is 0. The van der Waals surface area contributed by atoms with Crippen LogP contribution in [0.4, 0.5) is 0 Å². The molecule has 0 aromatic heterocycles. The predicted octanol–water partition coefficient (Wildman–Crippen LogP) is 9.94. The molecule has 1 aromatic carbocycles. The van der Waals surface area contributed by atoms with Crippen LogP contribution >= 0.6 is 0 Å². The van der Waals surface area contributed by atoms with Crippen molar-refractivity contribution >= 4 is 0 Å². The molecule has 2 atom stereocenters. The molecule has 0 radical (unpaired) electrons. The first-order valence-electron chi connectivity index (χ1n) is 12.3. The summed E-state index contributed by atoms with van der Waals surface area (Å²) < 4.78 is 0. The van der Waals surface area contributed by atoms with Gasteiger partial charge in [-0.2, -0.15) is 0 Å². The molecular weight excluding hydrogens is 348 g/mol. The van der Waals surface area contributed by atoms with Crippen molar-refractivity contribution in [3.8, 4) is 0 Å². The fourth-order valence-electron chi connectivity index (χ4n) is 3.12. The molecule has 1 aromatic rings. The number of allylic oxidation sites excluding steroid dienone is 4. The van der Waals surface area contributed by atoms with Crippen LogP contribution in [0.3, 0.4) is 0 Å². The Hall–Kier alpha value is -1.30. The van der Waals surface area contributed by atoms with Crippen molar-refractivity contribution in [2.75, 3.05) is 0 Å². The zero-order valence-corrected chi connectivity index (χ0v) is 20.9. The number of hydrogen-bond acceptors (Lipinski definition) is 0. The molecule has 0 saturated heterocycles. The molecule has 0 amide bonds. The number of unbranched alkanes of at least 4 members (excludes halogenated alkanes) is 2. The predicted molar refractivity (Wildman–Crippen MR) is 134 cm³/mol. The van der Waals surface area contributed by atoms with E-state index in [9.17, 15) is 0 Å². The molecule has 0 spiro atoms. The highest BCUT2D eigenvalue weighted by Crippen LogP contribution is 2.26. The van der Waals surface area contributed by atoms with Crippen LogP contribution in [0, 0.1) is 24.7 Å². The van der Waals surface area contributed by atoms with Crippen molar-refractivity contribution in [2.45, 2.75) is 107 Å². The van der Waals surface area contributed by atoms with E-state index in [1.54, 1.807) is 5.57 Å². The molecule has 0 N–H and O–H groups in total. The molecular formula is C29H50. The van der Waals surface area contributed by atoms with E-state index in [0.29, 0.717) is 0 Å². The van der Waals surface area contributed by atoms with Gasteiger partial charge in [0.05, 0.1) is 0 Å². The van der Waals surface area contributed by atoms with Gasteiger partial charge in [0, 0.05) is 0 Å². The minimum absolute atomic E-state index is 0.866. The monoisotopic (exact) mass is 398 g/mol.